The molecule has 5 nitrogen and oxygen atoms in total. The monoisotopic (exact) mass is 275 g/mol. The molecule has 1 saturated carbocycles. The van der Waals surface area contributed by atoms with Crippen LogP contribution in [0.5, 0.6) is 11.5 Å². The molecule has 0 spiro atoms. The van der Waals surface area contributed by atoms with E-state index >= 15 is 0 Å². The fourth-order valence-electron chi connectivity index (χ4n) is 2.83. The van der Waals surface area contributed by atoms with Crippen LogP contribution in [0.25, 0.3) is 0 Å². The highest BCUT2D eigenvalue weighted by molar-refractivity contribution is 5.42. The number of hydrogen-bond donors (Lipinski definition) is 0. The molecule has 0 aliphatic heterocycles. The second-order valence-electron chi connectivity index (χ2n) is 4.99. The molecule has 0 saturated heterocycles. The van der Waals surface area contributed by atoms with E-state index < -0.39 is 0 Å². The van der Waals surface area contributed by atoms with Crippen LogP contribution in [-0.2, 0) is 6.54 Å². The van der Waals surface area contributed by atoms with Crippen LogP contribution in [0, 0.1) is 11.3 Å². The van der Waals surface area contributed by atoms with Crippen LogP contribution >= 0.6 is 0 Å². The Kier molecular flexibility index (Phi) is 5.19. The Bertz CT molecular complexity index is 478. The molecule has 0 amide bonds. The summed E-state index contributed by atoms with van der Waals surface area (Å²) >= 11 is 0. The maximum Gasteiger partial charge on any atom is 0.183 e. The minimum Gasteiger partial charge on any atom is -0.493 e. The van der Waals surface area contributed by atoms with E-state index in [1.807, 2.05) is 0 Å². The first-order valence-corrected chi connectivity index (χ1v) is 6.97. The minimum absolute atomic E-state index is 0.423. The fraction of sp³-hybridized carbons (Fsp3) is 0.600. The lowest BCUT2D eigenvalue weighted by Gasteiger charge is -2.26. The molecule has 1 heterocycles. The van der Waals surface area contributed by atoms with Crippen LogP contribution < -0.4 is 9.47 Å². The first-order chi connectivity index (χ1) is 9.80. The van der Waals surface area contributed by atoms with E-state index in [1.165, 1.54) is 12.8 Å². The number of methoxy groups -OCH3 is 2. The zero-order chi connectivity index (χ0) is 14.4. The van der Waals surface area contributed by atoms with Crippen molar-refractivity contribution < 1.29 is 9.47 Å². The largest absolute Gasteiger partial charge is 0.493 e. The molecule has 0 atom stereocenters. The standard InChI is InChI=1S/C15H21N3O2/c1-19-14-7-9-17-13(15(14)20-2)11-18(10-8-16)12-5-3-4-6-12/h7,9,12H,3-6,10-11H2,1-2H3. The summed E-state index contributed by atoms with van der Waals surface area (Å²) in [4.78, 5) is 6.59. The number of aromatic nitrogens is 1. The molecule has 0 aromatic carbocycles. The maximum absolute atomic E-state index is 9.03. The van der Waals surface area contributed by atoms with Gasteiger partial charge in [0.25, 0.3) is 0 Å². The van der Waals surface area contributed by atoms with E-state index in [0.29, 0.717) is 30.6 Å². The minimum atomic E-state index is 0.423. The molecule has 0 unspecified atom stereocenters. The second kappa shape index (κ2) is 7.11. The fourth-order valence-corrected chi connectivity index (χ4v) is 2.83. The Morgan fingerprint density at radius 3 is 2.70 bits per heavy atom. The van der Waals surface area contributed by atoms with Crippen molar-refractivity contribution >= 4 is 0 Å². The van der Waals surface area contributed by atoms with Crippen molar-refractivity contribution in [3.63, 3.8) is 0 Å². The van der Waals surface area contributed by atoms with Crippen molar-refractivity contribution in [3.05, 3.63) is 18.0 Å². The van der Waals surface area contributed by atoms with Crippen molar-refractivity contribution in [2.45, 2.75) is 38.3 Å². The molecule has 1 fully saturated rings. The molecule has 0 N–H and O–H groups in total. The van der Waals surface area contributed by atoms with Crippen molar-refractivity contribution in [2.75, 3.05) is 20.8 Å². The first kappa shape index (κ1) is 14.6. The Labute approximate surface area is 120 Å². The lowest BCUT2D eigenvalue weighted by molar-refractivity contribution is 0.207. The van der Waals surface area contributed by atoms with Crippen molar-refractivity contribution in [1.82, 2.24) is 9.88 Å². The molecule has 1 aromatic heterocycles. The van der Waals surface area contributed by atoms with E-state index in [-0.39, 0.29) is 0 Å². The molecule has 1 aliphatic rings. The van der Waals surface area contributed by atoms with Crippen molar-refractivity contribution in [3.8, 4) is 17.6 Å². The average Bonchev–Trinajstić information content (AvgIpc) is 3.00. The van der Waals surface area contributed by atoms with Gasteiger partial charge in [-0.05, 0) is 12.8 Å². The van der Waals surface area contributed by atoms with Gasteiger partial charge in [0.15, 0.2) is 11.5 Å². The van der Waals surface area contributed by atoms with E-state index in [4.69, 9.17) is 14.7 Å². The zero-order valence-corrected chi connectivity index (χ0v) is 12.1. The van der Waals surface area contributed by atoms with Crippen LogP contribution in [-0.4, -0.2) is 36.7 Å². The van der Waals surface area contributed by atoms with Gasteiger partial charge in [-0.1, -0.05) is 12.8 Å². The third-order valence-corrected chi connectivity index (χ3v) is 3.83. The maximum atomic E-state index is 9.03. The van der Waals surface area contributed by atoms with Gasteiger partial charge >= 0.3 is 0 Å². The van der Waals surface area contributed by atoms with Gasteiger partial charge in [0.05, 0.1) is 26.8 Å². The molecule has 1 aromatic rings. The van der Waals surface area contributed by atoms with Crippen LogP contribution in [0.15, 0.2) is 12.3 Å². The van der Waals surface area contributed by atoms with Crippen molar-refractivity contribution in [1.29, 1.82) is 5.26 Å². The van der Waals surface area contributed by atoms with Crippen LogP contribution in [0.4, 0.5) is 0 Å². The number of nitriles is 1. The number of rotatable bonds is 6. The quantitative estimate of drug-likeness (QED) is 0.746. The normalized spacial score (nSPS) is 15.3. The Balaban J connectivity index is 2.19. The molecular weight excluding hydrogens is 254 g/mol. The topological polar surface area (TPSA) is 58.4 Å². The van der Waals surface area contributed by atoms with Gasteiger partial charge < -0.3 is 9.47 Å². The number of ether oxygens (including phenoxy) is 2. The SMILES string of the molecule is COc1ccnc(CN(CC#N)C2CCCC2)c1OC. The third kappa shape index (κ3) is 3.20. The van der Waals surface area contributed by atoms with E-state index in [0.717, 1.165) is 18.5 Å². The highest BCUT2D eigenvalue weighted by Crippen LogP contribution is 2.31. The molecule has 2 rings (SSSR count). The predicted molar refractivity (Wildman–Crippen MR) is 75.6 cm³/mol. The third-order valence-electron chi connectivity index (χ3n) is 3.83. The molecule has 0 radical (unpaired) electrons. The first-order valence-electron chi connectivity index (χ1n) is 6.97. The summed E-state index contributed by atoms with van der Waals surface area (Å²) < 4.78 is 10.7. The number of pyridine rings is 1. The van der Waals surface area contributed by atoms with Gasteiger partial charge in [0, 0.05) is 24.8 Å². The van der Waals surface area contributed by atoms with E-state index in [9.17, 15) is 0 Å². The molecule has 20 heavy (non-hydrogen) atoms. The van der Waals surface area contributed by atoms with Gasteiger partial charge in [0.2, 0.25) is 0 Å². The second-order valence-corrected chi connectivity index (χ2v) is 4.99. The summed E-state index contributed by atoms with van der Waals surface area (Å²) in [6.07, 6.45) is 6.53. The molecule has 5 heteroatoms. The van der Waals surface area contributed by atoms with Gasteiger partial charge in [-0.15, -0.1) is 0 Å². The number of hydrogen-bond acceptors (Lipinski definition) is 5. The van der Waals surface area contributed by atoms with E-state index in [1.54, 1.807) is 26.5 Å². The number of nitrogens with zero attached hydrogens (tertiary/aromatic N) is 3. The predicted octanol–water partition coefficient (Wildman–Crippen LogP) is 2.37. The highest BCUT2D eigenvalue weighted by atomic mass is 16.5. The summed E-state index contributed by atoms with van der Waals surface area (Å²) in [5.74, 6) is 1.34. The Morgan fingerprint density at radius 1 is 1.35 bits per heavy atom. The summed E-state index contributed by atoms with van der Waals surface area (Å²) in [5, 5.41) is 9.03. The Hall–Kier alpha value is -1.80. The average molecular weight is 275 g/mol. The lowest BCUT2D eigenvalue weighted by atomic mass is 10.2. The summed E-state index contributed by atoms with van der Waals surface area (Å²) in [6, 6.07) is 4.52. The zero-order valence-electron chi connectivity index (χ0n) is 12.1. The van der Waals surface area contributed by atoms with Crippen LogP contribution in [0.3, 0.4) is 0 Å². The smallest absolute Gasteiger partial charge is 0.183 e. The van der Waals surface area contributed by atoms with Gasteiger partial charge in [0.1, 0.15) is 5.69 Å². The van der Waals surface area contributed by atoms with Crippen LogP contribution in [0.2, 0.25) is 0 Å². The summed E-state index contributed by atoms with van der Waals surface area (Å²) in [7, 11) is 3.24. The van der Waals surface area contributed by atoms with Gasteiger partial charge in [-0.25, -0.2) is 0 Å². The summed E-state index contributed by atoms with van der Waals surface area (Å²) in [5.41, 5.74) is 0.828. The summed E-state index contributed by atoms with van der Waals surface area (Å²) in [6.45, 7) is 1.05. The highest BCUT2D eigenvalue weighted by Gasteiger charge is 2.24. The lowest BCUT2D eigenvalue weighted by Crippen LogP contribution is -2.33. The molecular formula is C15H21N3O2. The van der Waals surface area contributed by atoms with Gasteiger partial charge in [-0.3, -0.25) is 9.88 Å². The molecule has 108 valence electrons. The van der Waals surface area contributed by atoms with Crippen LogP contribution in [0.1, 0.15) is 31.4 Å². The van der Waals surface area contributed by atoms with Gasteiger partial charge in [-0.2, -0.15) is 5.26 Å². The Morgan fingerprint density at radius 2 is 2.10 bits per heavy atom. The van der Waals surface area contributed by atoms with Crippen molar-refractivity contribution in [2.24, 2.45) is 0 Å². The van der Waals surface area contributed by atoms with E-state index in [2.05, 4.69) is 16.0 Å². The molecule has 1 aliphatic carbocycles. The molecule has 0 bridgehead atoms.